The van der Waals surface area contributed by atoms with Gasteiger partial charge in [0.1, 0.15) is 12.7 Å². The van der Waals surface area contributed by atoms with Crippen molar-refractivity contribution in [3.63, 3.8) is 0 Å². The van der Waals surface area contributed by atoms with Crippen LogP contribution in [0.1, 0.15) is 34.1 Å². The summed E-state index contributed by atoms with van der Waals surface area (Å²) >= 11 is 0. The Labute approximate surface area is 136 Å². The van der Waals surface area contributed by atoms with E-state index in [2.05, 4.69) is 4.72 Å². The molecule has 0 aromatic carbocycles. The lowest BCUT2D eigenvalue weighted by molar-refractivity contribution is -0.307. The van der Waals surface area contributed by atoms with E-state index >= 15 is 0 Å². The van der Waals surface area contributed by atoms with E-state index in [1.165, 1.54) is 20.9 Å². The monoisotopic (exact) mass is 355 g/mol. The average molecular weight is 355 g/mol. The van der Waals surface area contributed by atoms with Gasteiger partial charge in [0, 0.05) is 13.5 Å². The largest absolute Gasteiger partial charge is 0.366 e. The molecule has 1 unspecified atom stereocenters. The van der Waals surface area contributed by atoms with Crippen LogP contribution >= 0.6 is 0 Å². The minimum Gasteiger partial charge on any atom is -0.366 e. The molecule has 0 aliphatic carbocycles. The van der Waals surface area contributed by atoms with Gasteiger partial charge < -0.3 is 24.1 Å². The van der Waals surface area contributed by atoms with Crippen molar-refractivity contribution in [1.82, 2.24) is 4.72 Å². The Balaban J connectivity index is 2.11. The Morgan fingerprint density at radius 3 is 2.61 bits per heavy atom. The molecule has 2 saturated heterocycles. The van der Waals surface area contributed by atoms with Gasteiger partial charge in [-0.25, -0.2) is 0 Å². The van der Waals surface area contributed by atoms with E-state index < -0.39 is 39.9 Å². The molecule has 2 aliphatic heterocycles. The second-order valence-electron chi connectivity index (χ2n) is 6.57. The van der Waals surface area contributed by atoms with E-state index in [-0.39, 0.29) is 13.2 Å². The Morgan fingerprint density at radius 1 is 1.39 bits per heavy atom. The van der Waals surface area contributed by atoms with Gasteiger partial charge in [-0.15, -0.1) is 0 Å². The fourth-order valence-corrected chi connectivity index (χ4v) is 3.14. The maximum Gasteiger partial charge on any atom is 0.335 e. The van der Waals surface area contributed by atoms with Gasteiger partial charge >= 0.3 is 10.3 Å². The highest BCUT2D eigenvalue weighted by Crippen LogP contribution is 2.43. The van der Waals surface area contributed by atoms with Crippen molar-refractivity contribution >= 4 is 10.3 Å². The second-order valence-corrected chi connectivity index (χ2v) is 8.13. The lowest BCUT2D eigenvalue weighted by Gasteiger charge is -2.40. The van der Waals surface area contributed by atoms with E-state index in [0.717, 1.165) is 0 Å². The molecule has 2 rings (SSSR count). The number of fused-ring (bicyclic) bond motifs is 1. The highest BCUT2D eigenvalue weighted by atomic mass is 32.2. The Bertz CT molecular complexity index is 529. The van der Waals surface area contributed by atoms with E-state index in [0.29, 0.717) is 6.42 Å². The maximum atomic E-state index is 11.5. The summed E-state index contributed by atoms with van der Waals surface area (Å²) in [5, 5.41) is 9.76. The van der Waals surface area contributed by atoms with E-state index in [4.69, 9.17) is 23.1 Å². The maximum absolute atomic E-state index is 11.5. The minimum atomic E-state index is -3.88. The molecule has 0 spiro atoms. The minimum absolute atomic E-state index is 0.114. The van der Waals surface area contributed by atoms with Crippen LogP contribution in [-0.4, -0.2) is 63.4 Å². The third-order valence-corrected chi connectivity index (χ3v) is 4.37. The third-order valence-electron chi connectivity index (χ3n) is 3.45. The van der Waals surface area contributed by atoms with Gasteiger partial charge in [-0.2, -0.15) is 13.1 Å². The van der Waals surface area contributed by atoms with Gasteiger partial charge in [0.2, 0.25) is 5.79 Å². The first-order chi connectivity index (χ1) is 10.4. The van der Waals surface area contributed by atoms with Crippen molar-refractivity contribution in [2.45, 2.75) is 63.7 Å². The molecule has 2 heterocycles. The number of hydrogen-bond donors (Lipinski definition) is 2. The summed E-state index contributed by atoms with van der Waals surface area (Å²) in [4.78, 5) is 0. The lowest BCUT2D eigenvalue weighted by Crippen LogP contribution is -2.55. The van der Waals surface area contributed by atoms with E-state index in [1.54, 1.807) is 13.8 Å². The van der Waals surface area contributed by atoms with Crippen molar-refractivity contribution in [2.24, 2.45) is 0 Å². The first kappa shape index (κ1) is 19.0. The fourth-order valence-electron chi connectivity index (χ4n) is 2.70. The lowest BCUT2D eigenvalue weighted by atomic mass is 10.0. The van der Waals surface area contributed by atoms with Crippen LogP contribution in [0.15, 0.2) is 0 Å². The summed E-state index contributed by atoms with van der Waals surface area (Å²) in [7, 11) is -2.63. The molecule has 2 aliphatic rings. The average Bonchev–Trinajstić information content (AvgIpc) is 2.65. The first-order valence-corrected chi connectivity index (χ1v) is 8.77. The molecular weight excluding hydrogens is 330 g/mol. The van der Waals surface area contributed by atoms with Crippen LogP contribution in [0, 0.1) is 0 Å². The number of hydrogen-bond acceptors (Lipinski definition) is 8. The van der Waals surface area contributed by atoms with Crippen LogP contribution in [0.5, 0.6) is 0 Å². The van der Waals surface area contributed by atoms with Gasteiger partial charge in [-0.1, -0.05) is 0 Å². The van der Waals surface area contributed by atoms with Crippen molar-refractivity contribution in [3.05, 3.63) is 0 Å². The topological polar surface area (TPSA) is 113 Å². The summed E-state index contributed by atoms with van der Waals surface area (Å²) in [5.74, 6) is -3.61. The summed E-state index contributed by atoms with van der Waals surface area (Å²) in [6.07, 6.45) is -0.631. The molecule has 23 heavy (non-hydrogen) atoms. The summed E-state index contributed by atoms with van der Waals surface area (Å²) < 4.78 is 52.7. The van der Waals surface area contributed by atoms with E-state index in [1.807, 2.05) is 0 Å². The molecular formula is C13H25NO8S. The SMILES string of the molecule is CNS(=O)(=O)OC[C@@]12OC[C@@H](OC(C)(C)O)CC1OC(C)(C)O2. The Kier molecular flexibility index (Phi) is 5.11. The normalized spacial score (nSPS) is 34.3. The van der Waals surface area contributed by atoms with Crippen molar-refractivity contribution in [3.8, 4) is 0 Å². The Morgan fingerprint density at radius 2 is 2.04 bits per heavy atom. The second kappa shape index (κ2) is 6.19. The van der Waals surface area contributed by atoms with E-state index in [9.17, 15) is 13.5 Å². The zero-order chi connectivity index (χ0) is 17.5. The highest BCUT2D eigenvalue weighted by molar-refractivity contribution is 7.84. The van der Waals surface area contributed by atoms with Gasteiger partial charge in [0.25, 0.3) is 0 Å². The number of nitrogens with one attached hydrogen (secondary N) is 1. The fraction of sp³-hybridized carbons (Fsp3) is 1.00. The molecule has 3 atom stereocenters. The molecule has 2 fully saturated rings. The molecule has 10 heteroatoms. The number of ether oxygens (including phenoxy) is 4. The molecule has 2 N–H and O–H groups in total. The molecule has 0 aromatic rings. The van der Waals surface area contributed by atoms with Gasteiger partial charge in [0.15, 0.2) is 11.6 Å². The van der Waals surface area contributed by atoms with Gasteiger partial charge in [-0.3, -0.25) is 4.18 Å². The van der Waals surface area contributed by atoms with Crippen molar-refractivity contribution < 1.29 is 36.7 Å². The molecule has 0 aromatic heterocycles. The molecule has 0 amide bonds. The van der Waals surface area contributed by atoms with Crippen LogP contribution in [-0.2, 0) is 33.4 Å². The van der Waals surface area contributed by atoms with Crippen molar-refractivity contribution in [2.75, 3.05) is 20.3 Å². The quantitative estimate of drug-likeness (QED) is 0.633. The van der Waals surface area contributed by atoms with Crippen LogP contribution in [0.4, 0.5) is 0 Å². The Hall–Kier alpha value is -0.330. The zero-order valence-electron chi connectivity index (χ0n) is 14.0. The molecule has 0 saturated carbocycles. The predicted molar refractivity (Wildman–Crippen MR) is 78.4 cm³/mol. The number of aliphatic hydroxyl groups is 1. The smallest absolute Gasteiger partial charge is 0.335 e. The van der Waals surface area contributed by atoms with Gasteiger partial charge in [-0.05, 0) is 27.7 Å². The highest BCUT2D eigenvalue weighted by Gasteiger charge is 2.58. The molecule has 136 valence electrons. The molecule has 0 radical (unpaired) electrons. The zero-order valence-corrected chi connectivity index (χ0v) is 14.8. The molecule has 9 nitrogen and oxygen atoms in total. The summed E-state index contributed by atoms with van der Waals surface area (Å²) in [6.45, 7) is 6.22. The summed E-state index contributed by atoms with van der Waals surface area (Å²) in [5.41, 5.74) is 0. The summed E-state index contributed by atoms with van der Waals surface area (Å²) in [6, 6.07) is 0. The van der Waals surface area contributed by atoms with Crippen LogP contribution in [0.2, 0.25) is 0 Å². The van der Waals surface area contributed by atoms with Crippen LogP contribution in [0.3, 0.4) is 0 Å². The first-order valence-electron chi connectivity index (χ1n) is 7.36. The van der Waals surface area contributed by atoms with Crippen molar-refractivity contribution in [1.29, 1.82) is 0 Å². The standard InChI is InChI=1S/C13H25NO8S/c1-11(2,15)20-9-6-10-13(18-7-9,22-12(3,4)21-10)8-19-23(16,17)14-5/h9-10,14-15H,6-8H2,1-5H3/t9-,10?,13-/m0/s1. The molecule has 0 bridgehead atoms. The van der Waals surface area contributed by atoms with Crippen LogP contribution < -0.4 is 4.72 Å². The predicted octanol–water partition coefficient (Wildman–Crippen LogP) is -0.151. The number of rotatable bonds is 6. The van der Waals surface area contributed by atoms with Crippen LogP contribution in [0.25, 0.3) is 0 Å². The van der Waals surface area contributed by atoms with Gasteiger partial charge in [0.05, 0.1) is 12.7 Å². The third kappa shape index (κ3) is 4.83.